The third-order valence-electron chi connectivity index (χ3n) is 14.2. The van der Waals surface area contributed by atoms with Crippen molar-refractivity contribution in [3.05, 3.63) is 60.8 Å². The highest BCUT2D eigenvalue weighted by atomic mass is 31.2. The summed E-state index contributed by atoms with van der Waals surface area (Å²) in [6.07, 6.45) is 76.4. The molecule has 8 nitrogen and oxygen atoms in total. The van der Waals surface area contributed by atoms with E-state index in [4.69, 9.17) is 9.05 Å². The van der Waals surface area contributed by atoms with Crippen LogP contribution in [0.1, 0.15) is 296 Å². The average Bonchev–Trinajstić information content (AvgIpc) is 3.36. The number of quaternary nitrogens is 1. The van der Waals surface area contributed by atoms with E-state index in [2.05, 4.69) is 67.8 Å². The van der Waals surface area contributed by atoms with Crippen LogP contribution in [-0.2, 0) is 18.4 Å². The van der Waals surface area contributed by atoms with E-state index in [1.165, 1.54) is 218 Å². The van der Waals surface area contributed by atoms with E-state index in [9.17, 15) is 19.4 Å². The molecule has 0 aromatic rings. The Balaban J connectivity index is 3.89. The molecule has 434 valence electrons. The molecule has 0 aromatic carbocycles. The number of aliphatic hydroxyl groups excluding tert-OH is 1. The Morgan fingerprint density at radius 3 is 1.20 bits per heavy atom. The van der Waals surface area contributed by atoms with E-state index >= 15 is 0 Å². The second kappa shape index (κ2) is 55.9. The first-order valence-electron chi connectivity index (χ1n) is 31.7. The molecule has 0 rings (SSSR count). The lowest BCUT2D eigenvalue weighted by atomic mass is 10.0. The van der Waals surface area contributed by atoms with Crippen molar-refractivity contribution in [2.45, 2.75) is 309 Å². The van der Waals surface area contributed by atoms with Crippen molar-refractivity contribution in [3.8, 4) is 0 Å². The van der Waals surface area contributed by atoms with Gasteiger partial charge in [0.2, 0.25) is 5.91 Å². The molecule has 0 fully saturated rings. The molecule has 0 aliphatic carbocycles. The number of likely N-dealkylation sites (N-methyl/N-ethyl adjacent to an activating group) is 1. The first-order chi connectivity index (χ1) is 36.0. The van der Waals surface area contributed by atoms with Gasteiger partial charge in [-0.2, -0.15) is 0 Å². The van der Waals surface area contributed by atoms with Crippen molar-refractivity contribution < 1.29 is 32.9 Å². The molecule has 2 N–H and O–H groups in total. The largest absolute Gasteiger partial charge is 0.756 e. The fraction of sp³-hybridized carbons (Fsp3) is 0.831. The summed E-state index contributed by atoms with van der Waals surface area (Å²) < 4.78 is 23.3. The van der Waals surface area contributed by atoms with Crippen LogP contribution >= 0.6 is 7.82 Å². The molecule has 3 atom stereocenters. The minimum atomic E-state index is -4.61. The molecule has 0 aliphatic rings. The summed E-state index contributed by atoms with van der Waals surface area (Å²) in [5.41, 5.74) is 0. The molecule has 0 aromatic heterocycles. The van der Waals surface area contributed by atoms with E-state index in [0.717, 1.165) is 57.8 Å². The number of nitrogens with zero attached hydrogens (tertiary/aromatic N) is 1. The molecular weight excluding hydrogens is 936 g/mol. The van der Waals surface area contributed by atoms with Crippen LogP contribution in [0.5, 0.6) is 0 Å². The number of carbonyl (C=O) groups is 1. The molecule has 0 heterocycles. The molecule has 3 unspecified atom stereocenters. The minimum Gasteiger partial charge on any atom is -0.756 e. The predicted octanol–water partition coefficient (Wildman–Crippen LogP) is 19.0. The Hall–Kier alpha value is -1.80. The van der Waals surface area contributed by atoms with Gasteiger partial charge in [-0.3, -0.25) is 9.36 Å². The van der Waals surface area contributed by atoms with E-state index in [1.54, 1.807) is 6.08 Å². The third kappa shape index (κ3) is 57.9. The first kappa shape index (κ1) is 72.2. The number of hydrogen-bond donors (Lipinski definition) is 2. The van der Waals surface area contributed by atoms with Crippen LogP contribution in [0.2, 0.25) is 0 Å². The lowest BCUT2D eigenvalue weighted by Crippen LogP contribution is -2.45. The van der Waals surface area contributed by atoms with E-state index in [0.29, 0.717) is 17.4 Å². The number of amides is 1. The minimum absolute atomic E-state index is 0.00888. The van der Waals surface area contributed by atoms with Crippen LogP contribution in [0, 0.1) is 0 Å². The molecule has 9 heteroatoms. The Kier molecular flexibility index (Phi) is 54.6. The molecule has 0 radical (unpaired) electrons. The summed E-state index contributed by atoms with van der Waals surface area (Å²) >= 11 is 0. The van der Waals surface area contributed by atoms with E-state index in [1.807, 2.05) is 27.2 Å². The SMILES string of the molecule is CCCCC/C=C/CC/C=C/CC/C=C/C(O)C(COP(=O)([O-])OCC[N+](C)(C)C)NC(=O)CCCCCCCCCCCCCCCCCCCCCCCCCCCCC/C=C\C/C=C\CCCCCCC. The fourth-order valence-electron chi connectivity index (χ4n) is 9.22. The van der Waals surface area contributed by atoms with Gasteiger partial charge in [0.25, 0.3) is 7.82 Å². The summed E-state index contributed by atoms with van der Waals surface area (Å²) in [6, 6.07) is -0.909. The Labute approximate surface area is 460 Å². The third-order valence-corrected chi connectivity index (χ3v) is 15.1. The summed E-state index contributed by atoms with van der Waals surface area (Å²) in [5.74, 6) is -0.209. The van der Waals surface area contributed by atoms with Crippen molar-refractivity contribution >= 4 is 13.7 Å². The maximum absolute atomic E-state index is 12.9. The molecule has 74 heavy (non-hydrogen) atoms. The smallest absolute Gasteiger partial charge is 0.268 e. The highest BCUT2D eigenvalue weighted by molar-refractivity contribution is 7.45. The number of unbranched alkanes of at least 4 members (excludes halogenated alkanes) is 37. The summed E-state index contributed by atoms with van der Waals surface area (Å²) in [4.78, 5) is 25.5. The van der Waals surface area contributed by atoms with Crippen LogP contribution in [0.3, 0.4) is 0 Å². The quantitative estimate of drug-likeness (QED) is 0.0272. The maximum atomic E-state index is 12.9. The Bertz CT molecular complexity index is 1390. The highest BCUT2D eigenvalue weighted by Crippen LogP contribution is 2.38. The van der Waals surface area contributed by atoms with Crippen molar-refractivity contribution in [2.75, 3.05) is 40.9 Å². The van der Waals surface area contributed by atoms with Crippen LogP contribution in [-0.4, -0.2) is 68.5 Å². The van der Waals surface area contributed by atoms with Gasteiger partial charge in [-0.15, -0.1) is 0 Å². The van der Waals surface area contributed by atoms with Gasteiger partial charge >= 0.3 is 0 Å². The fourth-order valence-corrected chi connectivity index (χ4v) is 9.94. The van der Waals surface area contributed by atoms with Crippen LogP contribution < -0.4 is 10.2 Å². The average molecular weight is 1060 g/mol. The van der Waals surface area contributed by atoms with Gasteiger partial charge in [0, 0.05) is 6.42 Å². The summed E-state index contributed by atoms with van der Waals surface area (Å²) in [6.45, 7) is 4.59. The number of phosphoric ester groups is 1. The summed E-state index contributed by atoms with van der Waals surface area (Å²) in [7, 11) is 1.24. The van der Waals surface area contributed by atoms with Crippen molar-refractivity contribution in [2.24, 2.45) is 0 Å². The van der Waals surface area contributed by atoms with Gasteiger partial charge in [0.15, 0.2) is 0 Å². The molecule has 0 bridgehead atoms. The number of aliphatic hydroxyl groups is 1. The zero-order chi connectivity index (χ0) is 54.2. The number of phosphoric acid groups is 1. The molecule has 0 aliphatic heterocycles. The van der Waals surface area contributed by atoms with Gasteiger partial charge in [-0.05, 0) is 77.0 Å². The van der Waals surface area contributed by atoms with E-state index in [-0.39, 0.29) is 12.5 Å². The predicted molar refractivity (Wildman–Crippen MR) is 321 cm³/mol. The zero-order valence-corrected chi connectivity index (χ0v) is 50.4. The number of nitrogens with one attached hydrogen (secondary N) is 1. The van der Waals surface area contributed by atoms with Crippen LogP contribution in [0.15, 0.2) is 60.8 Å². The maximum Gasteiger partial charge on any atom is 0.268 e. The van der Waals surface area contributed by atoms with Crippen molar-refractivity contribution in [1.29, 1.82) is 0 Å². The molecule has 1 amide bonds. The molecular formula is C65H123N2O6P. The van der Waals surface area contributed by atoms with Gasteiger partial charge in [-0.1, -0.05) is 274 Å². The van der Waals surface area contributed by atoms with Crippen molar-refractivity contribution in [1.82, 2.24) is 5.32 Å². The van der Waals surface area contributed by atoms with Gasteiger partial charge in [-0.25, -0.2) is 0 Å². The second-order valence-electron chi connectivity index (χ2n) is 22.7. The van der Waals surface area contributed by atoms with Crippen LogP contribution in [0.25, 0.3) is 0 Å². The first-order valence-corrected chi connectivity index (χ1v) is 33.1. The Morgan fingerprint density at radius 2 is 0.797 bits per heavy atom. The monoisotopic (exact) mass is 1060 g/mol. The molecule has 0 spiro atoms. The number of carbonyl (C=O) groups excluding carboxylic acids is 1. The van der Waals surface area contributed by atoms with Gasteiger partial charge in [0.05, 0.1) is 39.9 Å². The summed E-state index contributed by atoms with van der Waals surface area (Å²) in [5, 5.41) is 13.8. The zero-order valence-electron chi connectivity index (χ0n) is 49.5. The van der Waals surface area contributed by atoms with Gasteiger partial charge < -0.3 is 28.8 Å². The highest BCUT2D eigenvalue weighted by Gasteiger charge is 2.23. The number of hydrogen-bond acceptors (Lipinski definition) is 6. The standard InChI is InChI=1S/C65H123N2O6P/c1-6-8-10-12-14-16-18-20-21-22-23-24-25-26-27-28-29-30-31-32-33-34-35-36-37-38-39-40-41-42-43-44-45-47-49-51-53-55-57-59-65(69)66-63(62-73-74(70,71)72-61-60-67(3,4)5)64(68)58-56-54-52-50-48-46-19-17-15-13-11-9-7-2/h15,17-18,20,22-23,48,50,56,58,63-64,68H,6-14,16,19,21,24-47,49,51-55,57,59-62H2,1-5H3,(H-,66,69,70,71)/b17-15+,20-18-,23-22-,50-48+,58-56+. The lowest BCUT2D eigenvalue weighted by molar-refractivity contribution is -0.870. The molecule has 0 saturated heterocycles. The normalized spacial score (nSPS) is 14.2. The molecule has 0 saturated carbocycles. The van der Waals surface area contributed by atoms with Crippen molar-refractivity contribution in [3.63, 3.8) is 0 Å². The van der Waals surface area contributed by atoms with E-state index < -0.39 is 26.6 Å². The Morgan fingerprint density at radius 1 is 0.473 bits per heavy atom. The lowest BCUT2D eigenvalue weighted by Gasteiger charge is -2.29. The second-order valence-corrected chi connectivity index (χ2v) is 24.2. The number of allylic oxidation sites excluding steroid dienone is 9. The topological polar surface area (TPSA) is 108 Å². The van der Waals surface area contributed by atoms with Gasteiger partial charge in [0.1, 0.15) is 13.2 Å². The van der Waals surface area contributed by atoms with Crippen LogP contribution in [0.4, 0.5) is 0 Å². The number of rotatable bonds is 58.